The second kappa shape index (κ2) is 6.80. The predicted molar refractivity (Wildman–Crippen MR) is 96.3 cm³/mol. The average Bonchev–Trinajstić information content (AvgIpc) is 3.12. The van der Waals surface area contributed by atoms with Gasteiger partial charge >= 0.3 is 0 Å². The summed E-state index contributed by atoms with van der Waals surface area (Å²) in [6, 6.07) is 8.61. The van der Waals surface area contributed by atoms with Crippen LogP contribution in [0.5, 0.6) is 0 Å². The van der Waals surface area contributed by atoms with Crippen molar-refractivity contribution >= 4 is 11.6 Å². The fourth-order valence-corrected chi connectivity index (χ4v) is 3.84. The molecule has 0 bridgehead atoms. The number of carbonyl (C=O) groups excluding carboxylic acids is 1. The van der Waals surface area contributed by atoms with Crippen molar-refractivity contribution < 1.29 is 9.18 Å². The molecule has 0 atom stereocenters. The summed E-state index contributed by atoms with van der Waals surface area (Å²) in [4.78, 5) is 17.2. The highest BCUT2D eigenvalue weighted by Crippen LogP contribution is 2.38. The SMILES string of the molecule is N#Cc1cnc2c(C(=O)NC3(c4ccccc4F)CCCCC3)cnn2c1. The molecule has 3 aromatic rings. The van der Waals surface area contributed by atoms with Crippen LogP contribution in [0.1, 0.15) is 53.6 Å². The van der Waals surface area contributed by atoms with Crippen LogP contribution in [-0.2, 0) is 5.54 Å². The summed E-state index contributed by atoms with van der Waals surface area (Å²) in [5, 5.41) is 16.2. The monoisotopic (exact) mass is 363 g/mol. The van der Waals surface area contributed by atoms with Crippen LogP contribution in [0, 0.1) is 17.1 Å². The van der Waals surface area contributed by atoms with Gasteiger partial charge in [-0.25, -0.2) is 13.9 Å². The maximum absolute atomic E-state index is 14.5. The number of nitriles is 1. The fourth-order valence-electron chi connectivity index (χ4n) is 3.84. The lowest BCUT2D eigenvalue weighted by Crippen LogP contribution is -2.47. The van der Waals surface area contributed by atoms with Gasteiger partial charge in [0.2, 0.25) is 0 Å². The third-order valence-electron chi connectivity index (χ3n) is 5.18. The Bertz CT molecular complexity index is 1050. The number of nitrogens with zero attached hydrogens (tertiary/aromatic N) is 4. The molecule has 6 nitrogen and oxygen atoms in total. The summed E-state index contributed by atoms with van der Waals surface area (Å²) in [7, 11) is 0. The van der Waals surface area contributed by atoms with Gasteiger partial charge < -0.3 is 5.32 Å². The number of halogens is 1. The third-order valence-corrected chi connectivity index (χ3v) is 5.18. The first-order chi connectivity index (χ1) is 13.1. The molecule has 1 aliphatic rings. The largest absolute Gasteiger partial charge is 0.342 e. The van der Waals surface area contributed by atoms with Crippen molar-refractivity contribution in [2.24, 2.45) is 0 Å². The molecule has 2 heterocycles. The highest BCUT2D eigenvalue weighted by molar-refractivity contribution is 6.00. The van der Waals surface area contributed by atoms with E-state index in [1.54, 1.807) is 18.2 Å². The number of fused-ring (bicyclic) bond motifs is 1. The summed E-state index contributed by atoms with van der Waals surface area (Å²) in [6.07, 6.45) is 8.64. The lowest BCUT2D eigenvalue weighted by molar-refractivity contribution is 0.0864. The van der Waals surface area contributed by atoms with Crippen molar-refractivity contribution in [2.45, 2.75) is 37.6 Å². The lowest BCUT2D eigenvalue weighted by Gasteiger charge is -2.38. The first-order valence-corrected chi connectivity index (χ1v) is 8.94. The van der Waals surface area contributed by atoms with Gasteiger partial charge in [-0.2, -0.15) is 10.4 Å². The Balaban J connectivity index is 1.71. The molecule has 27 heavy (non-hydrogen) atoms. The summed E-state index contributed by atoms with van der Waals surface area (Å²) < 4.78 is 15.9. The minimum absolute atomic E-state index is 0.306. The maximum atomic E-state index is 14.5. The number of amides is 1. The summed E-state index contributed by atoms with van der Waals surface area (Å²) in [5.41, 5.74) is 0.815. The Labute approximate surface area is 155 Å². The van der Waals surface area contributed by atoms with Crippen LogP contribution in [-0.4, -0.2) is 20.5 Å². The first-order valence-electron chi connectivity index (χ1n) is 8.94. The zero-order valence-corrected chi connectivity index (χ0v) is 14.7. The average molecular weight is 363 g/mol. The van der Waals surface area contributed by atoms with Gasteiger partial charge in [0.15, 0.2) is 5.65 Å². The molecule has 0 spiro atoms. The Hall–Kier alpha value is -3.27. The molecule has 1 aromatic carbocycles. The van der Waals surface area contributed by atoms with Gasteiger partial charge in [0.25, 0.3) is 5.91 Å². The zero-order valence-electron chi connectivity index (χ0n) is 14.7. The smallest absolute Gasteiger partial charge is 0.257 e. The van der Waals surface area contributed by atoms with Crippen LogP contribution in [0.15, 0.2) is 42.9 Å². The number of nitrogens with one attached hydrogen (secondary N) is 1. The van der Waals surface area contributed by atoms with E-state index in [1.165, 1.54) is 29.2 Å². The Morgan fingerprint density at radius 3 is 2.74 bits per heavy atom. The summed E-state index contributed by atoms with van der Waals surface area (Å²) in [5.74, 6) is -0.649. The highest BCUT2D eigenvalue weighted by Gasteiger charge is 2.38. The maximum Gasteiger partial charge on any atom is 0.257 e. The Kier molecular flexibility index (Phi) is 4.32. The molecule has 1 aliphatic carbocycles. The number of benzene rings is 1. The van der Waals surface area contributed by atoms with Gasteiger partial charge in [-0.3, -0.25) is 4.79 Å². The molecule has 0 unspecified atom stereocenters. The van der Waals surface area contributed by atoms with Crippen molar-refractivity contribution in [2.75, 3.05) is 0 Å². The molecule has 1 N–H and O–H groups in total. The Morgan fingerprint density at radius 1 is 1.22 bits per heavy atom. The molecule has 0 radical (unpaired) electrons. The van der Waals surface area contributed by atoms with Crippen LogP contribution in [0.3, 0.4) is 0 Å². The van der Waals surface area contributed by atoms with Crippen LogP contribution in [0.4, 0.5) is 4.39 Å². The van der Waals surface area contributed by atoms with E-state index in [2.05, 4.69) is 15.4 Å². The van der Waals surface area contributed by atoms with E-state index in [-0.39, 0.29) is 11.7 Å². The van der Waals surface area contributed by atoms with Gasteiger partial charge in [0.05, 0.1) is 23.5 Å². The van der Waals surface area contributed by atoms with E-state index < -0.39 is 5.54 Å². The molecular formula is C20H18FN5O. The van der Waals surface area contributed by atoms with E-state index in [0.717, 1.165) is 19.3 Å². The highest BCUT2D eigenvalue weighted by atomic mass is 19.1. The number of aromatic nitrogens is 3. The van der Waals surface area contributed by atoms with Gasteiger partial charge in [-0.1, -0.05) is 37.5 Å². The number of hydrogen-bond acceptors (Lipinski definition) is 4. The van der Waals surface area contributed by atoms with Crippen molar-refractivity contribution in [1.29, 1.82) is 5.26 Å². The molecule has 1 amide bonds. The molecule has 7 heteroatoms. The van der Waals surface area contributed by atoms with Gasteiger partial charge in [-0.15, -0.1) is 0 Å². The van der Waals surface area contributed by atoms with Gasteiger partial charge in [0, 0.05) is 11.8 Å². The summed E-state index contributed by atoms with van der Waals surface area (Å²) in [6.45, 7) is 0. The minimum atomic E-state index is -0.735. The predicted octanol–water partition coefficient (Wildman–Crippen LogP) is 3.33. The Morgan fingerprint density at radius 2 is 2.00 bits per heavy atom. The molecule has 4 rings (SSSR count). The minimum Gasteiger partial charge on any atom is -0.342 e. The molecule has 136 valence electrons. The van der Waals surface area contributed by atoms with E-state index in [1.807, 2.05) is 6.07 Å². The topological polar surface area (TPSA) is 83.1 Å². The normalized spacial score (nSPS) is 16.0. The van der Waals surface area contributed by atoms with Gasteiger partial charge in [-0.05, 0) is 18.9 Å². The molecule has 0 aliphatic heterocycles. The second-order valence-corrected chi connectivity index (χ2v) is 6.86. The molecule has 0 saturated heterocycles. The molecule has 2 aromatic heterocycles. The van der Waals surface area contributed by atoms with Crippen molar-refractivity contribution in [3.8, 4) is 6.07 Å². The fraction of sp³-hybridized carbons (Fsp3) is 0.300. The van der Waals surface area contributed by atoms with Gasteiger partial charge in [0.1, 0.15) is 17.4 Å². The van der Waals surface area contributed by atoms with Crippen molar-refractivity contribution in [3.63, 3.8) is 0 Å². The molecule has 1 fully saturated rings. The van der Waals surface area contributed by atoms with Crippen LogP contribution < -0.4 is 5.32 Å². The van der Waals surface area contributed by atoms with Crippen molar-refractivity contribution in [1.82, 2.24) is 19.9 Å². The van der Waals surface area contributed by atoms with Crippen LogP contribution in [0.25, 0.3) is 5.65 Å². The summed E-state index contributed by atoms with van der Waals surface area (Å²) >= 11 is 0. The standard InChI is InChI=1S/C20H18FN5O/c21-17-7-3-2-6-16(17)20(8-4-1-5-9-20)25-19(27)15-12-24-26-13-14(10-22)11-23-18(15)26/h2-3,6-7,11-13H,1,4-5,8-9H2,(H,25,27). The molecule has 1 saturated carbocycles. The van der Waals surface area contributed by atoms with E-state index in [0.29, 0.717) is 35.2 Å². The lowest BCUT2D eigenvalue weighted by atomic mass is 9.76. The van der Waals surface area contributed by atoms with E-state index >= 15 is 0 Å². The van der Waals surface area contributed by atoms with E-state index in [9.17, 15) is 9.18 Å². The second-order valence-electron chi connectivity index (χ2n) is 6.86. The third kappa shape index (κ3) is 3.04. The van der Waals surface area contributed by atoms with Crippen molar-refractivity contribution in [3.05, 3.63) is 65.4 Å². The van der Waals surface area contributed by atoms with Crippen LogP contribution >= 0.6 is 0 Å². The quantitative estimate of drug-likeness (QED) is 0.774. The zero-order chi connectivity index (χ0) is 18.9. The number of rotatable bonds is 3. The first kappa shape index (κ1) is 17.2. The number of carbonyl (C=O) groups is 1. The molecular weight excluding hydrogens is 345 g/mol. The van der Waals surface area contributed by atoms with Crippen LogP contribution in [0.2, 0.25) is 0 Å². The van der Waals surface area contributed by atoms with E-state index in [4.69, 9.17) is 5.26 Å². The number of hydrogen-bond donors (Lipinski definition) is 1.